The Morgan fingerprint density at radius 2 is 1.50 bits per heavy atom. The van der Waals surface area contributed by atoms with Gasteiger partial charge in [-0.05, 0) is 55.6 Å². The summed E-state index contributed by atoms with van der Waals surface area (Å²) in [6.45, 7) is 3.22. The largest absolute Gasteiger partial charge is 0.464 e. The molecule has 0 atom stereocenters. The first-order chi connectivity index (χ1) is 16.6. The van der Waals surface area contributed by atoms with E-state index in [4.69, 9.17) is 4.74 Å². The second kappa shape index (κ2) is 11.1. The molecule has 1 aliphatic rings. The normalized spacial score (nSPS) is 15.4. The van der Waals surface area contributed by atoms with Crippen LogP contribution in [0.4, 0.5) is 0 Å². The predicted molar refractivity (Wildman–Crippen MR) is 130 cm³/mol. The molecule has 3 aromatic rings. The molecule has 4 rings (SSSR count). The van der Waals surface area contributed by atoms with E-state index in [9.17, 15) is 9.59 Å². The van der Waals surface area contributed by atoms with E-state index in [0.717, 1.165) is 38.9 Å². The minimum atomic E-state index is -0.537. The summed E-state index contributed by atoms with van der Waals surface area (Å²) in [4.78, 5) is 30.1. The Labute approximate surface area is 200 Å². The van der Waals surface area contributed by atoms with Crippen LogP contribution >= 0.6 is 0 Å². The number of likely N-dealkylation sites (tertiary alicyclic amines) is 1. The molecule has 176 valence electrons. The van der Waals surface area contributed by atoms with Crippen LogP contribution in [0.15, 0.2) is 79.0 Å². The van der Waals surface area contributed by atoms with E-state index in [2.05, 4.69) is 75.3 Å². The monoisotopic (exact) mass is 458 g/mol. The summed E-state index contributed by atoms with van der Waals surface area (Å²) in [5.74, 6) is -0.972. The average molecular weight is 459 g/mol. The van der Waals surface area contributed by atoms with Crippen LogP contribution in [0.2, 0.25) is 0 Å². The quantitative estimate of drug-likeness (QED) is 0.366. The number of hydrogen-bond acceptors (Lipinski definition) is 6. The van der Waals surface area contributed by atoms with E-state index < -0.39 is 11.9 Å². The van der Waals surface area contributed by atoms with Gasteiger partial charge in [-0.3, -0.25) is 0 Å². The molecule has 1 fully saturated rings. The lowest BCUT2D eigenvalue weighted by molar-refractivity contribution is 0.0479. The van der Waals surface area contributed by atoms with Gasteiger partial charge in [-0.15, -0.1) is 0 Å². The summed E-state index contributed by atoms with van der Waals surface area (Å²) in [6.07, 6.45) is 4.22. The molecule has 0 saturated carbocycles. The van der Waals surface area contributed by atoms with E-state index in [1.165, 1.54) is 36.6 Å². The van der Waals surface area contributed by atoms with E-state index >= 15 is 0 Å². The number of ether oxygens (including phenoxy) is 2. The number of methoxy groups -OCH3 is 1. The number of benzene rings is 2. The van der Waals surface area contributed by atoms with Gasteiger partial charge in [0.15, 0.2) is 0 Å². The van der Waals surface area contributed by atoms with Crippen LogP contribution in [0.5, 0.6) is 0 Å². The molecule has 2 heterocycles. The molecule has 0 radical (unpaired) electrons. The summed E-state index contributed by atoms with van der Waals surface area (Å²) >= 11 is 0. The minimum Gasteiger partial charge on any atom is -0.464 e. The smallest absolute Gasteiger partial charge is 0.356 e. The molecule has 0 bridgehead atoms. The fourth-order valence-electron chi connectivity index (χ4n) is 4.69. The van der Waals surface area contributed by atoms with Crippen molar-refractivity contribution in [2.45, 2.75) is 24.7 Å². The van der Waals surface area contributed by atoms with Crippen molar-refractivity contribution in [1.29, 1.82) is 0 Å². The second-order valence-corrected chi connectivity index (χ2v) is 8.57. The van der Waals surface area contributed by atoms with Crippen molar-refractivity contribution in [2.24, 2.45) is 0 Å². The first-order valence-corrected chi connectivity index (χ1v) is 11.7. The van der Waals surface area contributed by atoms with Crippen molar-refractivity contribution in [2.75, 3.05) is 33.4 Å². The van der Waals surface area contributed by atoms with Gasteiger partial charge in [0.2, 0.25) is 0 Å². The molecule has 1 aliphatic heterocycles. The summed E-state index contributed by atoms with van der Waals surface area (Å²) in [6, 6.07) is 24.6. The van der Waals surface area contributed by atoms with Crippen molar-refractivity contribution < 1.29 is 19.1 Å². The zero-order valence-corrected chi connectivity index (χ0v) is 19.5. The van der Waals surface area contributed by atoms with Crippen LogP contribution in [0.25, 0.3) is 0 Å². The third kappa shape index (κ3) is 5.34. The number of pyridine rings is 1. The highest BCUT2D eigenvalue weighted by Crippen LogP contribution is 2.41. The van der Waals surface area contributed by atoms with E-state index in [0.29, 0.717) is 12.2 Å². The minimum absolute atomic E-state index is 0.0366. The number of aromatic nitrogens is 1. The number of hydrogen-bond donors (Lipinski definition) is 0. The van der Waals surface area contributed by atoms with Crippen molar-refractivity contribution in [3.8, 4) is 0 Å². The van der Waals surface area contributed by atoms with Gasteiger partial charge in [0.1, 0.15) is 5.69 Å². The number of carbonyl (C=O) groups is 2. The first-order valence-electron chi connectivity index (χ1n) is 11.7. The molecule has 1 aromatic heterocycles. The predicted octanol–water partition coefficient (Wildman–Crippen LogP) is 4.50. The molecule has 6 heteroatoms. The molecular formula is C28H30N2O4. The van der Waals surface area contributed by atoms with Crippen LogP contribution in [0.3, 0.4) is 0 Å². The lowest BCUT2D eigenvalue weighted by Crippen LogP contribution is -2.43. The summed E-state index contributed by atoms with van der Waals surface area (Å²) < 4.78 is 10.0. The Kier molecular flexibility index (Phi) is 7.70. The molecule has 0 N–H and O–H groups in total. The summed E-state index contributed by atoms with van der Waals surface area (Å²) in [5, 5.41) is 0. The second-order valence-electron chi connectivity index (χ2n) is 8.57. The molecule has 0 spiro atoms. The number of rotatable bonds is 8. The molecule has 0 aliphatic carbocycles. The van der Waals surface area contributed by atoms with Gasteiger partial charge in [0.05, 0.1) is 19.3 Å². The maximum absolute atomic E-state index is 12.3. The molecule has 0 unspecified atom stereocenters. The Hall–Kier alpha value is -3.51. The standard InChI is InChI=1S/C28H30N2O4/c1-33-27(32)25-14-13-22(21-29-25)26(31)34-20-8-17-30-18-15-28(16-19-30,23-9-4-2-5-10-23)24-11-6-3-7-12-24/h2-7,9-14,21H,8,15-20H2,1H3. The Morgan fingerprint density at radius 3 is 2.03 bits per heavy atom. The van der Waals surface area contributed by atoms with Crippen molar-refractivity contribution >= 4 is 11.9 Å². The van der Waals surface area contributed by atoms with Crippen LogP contribution in [-0.4, -0.2) is 55.2 Å². The number of nitrogens with zero attached hydrogens (tertiary/aromatic N) is 2. The first kappa shape index (κ1) is 23.6. The molecule has 2 aromatic carbocycles. The number of carbonyl (C=O) groups excluding carboxylic acids is 2. The van der Waals surface area contributed by atoms with Gasteiger partial charge in [-0.1, -0.05) is 60.7 Å². The fourth-order valence-corrected chi connectivity index (χ4v) is 4.69. The Balaban J connectivity index is 1.28. The molecular weight excluding hydrogens is 428 g/mol. The summed E-state index contributed by atoms with van der Waals surface area (Å²) in [5.41, 5.74) is 3.27. The van der Waals surface area contributed by atoms with Crippen LogP contribution in [0.1, 0.15) is 51.2 Å². The van der Waals surface area contributed by atoms with Gasteiger partial charge in [-0.25, -0.2) is 14.6 Å². The maximum Gasteiger partial charge on any atom is 0.356 e. The van der Waals surface area contributed by atoms with E-state index in [1.807, 2.05) is 0 Å². The molecule has 6 nitrogen and oxygen atoms in total. The molecule has 1 saturated heterocycles. The van der Waals surface area contributed by atoms with Crippen LogP contribution in [0, 0.1) is 0 Å². The highest BCUT2D eigenvalue weighted by Gasteiger charge is 2.37. The lowest BCUT2D eigenvalue weighted by Gasteiger charge is -2.43. The zero-order valence-electron chi connectivity index (χ0n) is 19.5. The van der Waals surface area contributed by atoms with Gasteiger partial charge in [0.25, 0.3) is 0 Å². The van der Waals surface area contributed by atoms with Gasteiger partial charge in [-0.2, -0.15) is 0 Å². The van der Waals surface area contributed by atoms with Gasteiger partial charge < -0.3 is 14.4 Å². The number of esters is 2. The SMILES string of the molecule is COC(=O)c1ccc(C(=O)OCCCN2CCC(c3ccccc3)(c3ccccc3)CC2)cn1. The highest BCUT2D eigenvalue weighted by molar-refractivity contribution is 5.91. The van der Waals surface area contributed by atoms with Crippen molar-refractivity contribution in [3.63, 3.8) is 0 Å². The maximum atomic E-state index is 12.3. The third-order valence-corrected chi connectivity index (χ3v) is 6.61. The van der Waals surface area contributed by atoms with Crippen molar-refractivity contribution in [3.05, 3.63) is 101 Å². The topological polar surface area (TPSA) is 68.7 Å². The summed E-state index contributed by atoms with van der Waals surface area (Å²) in [7, 11) is 1.29. The van der Waals surface area contributed by atoms with Gasteiger partial charge in [0, 0.05) is 18.2 Å². The molecule has 0 amide bonds. The van der Waals surface area contributed by atoms with Crippen LogP contribution < -0.4 is 0 Å². The fraction of sp³-hybridized carbons (Fsp3) is 0.321. The lowest BCUT2D eigenvalue weighted by atomic mass is 9.68. The van der Waals surface area contributed by atoms with Crippen LogP contribution in [-0.2, 0) is 14.9 Å². The van der Waals surface area contributed by atoms with Gasteiger partial charge >= 0.3 is 11.9 Å². The van der Waals surface area contributed by atoms with E-state index in [-0.39, 0.29) is 11.1 Å². The highest BCUT2D eigenvalue weighted by atomic mass is 16.5. The zero-order chi connectivity index (χ0) is 23.8. The van der Waals surface area contributed by atoms with E-state index in [1.54, 1.807) is 0 Å². The number of piperidine rings is 1. The average Bonchev–Trinajstić information content (AvgIpc) is 2.92. The molecule has 34 heavy (non-hydrogen) atoms. The third-order valence-electron chi connectivity index (χ3n) is 6.61. The van der Waals surface area contributed by atoms with Crippen molar-refractivity contribution in [1.82, 2.24) is 9.88 Å². The Bertz CT molecular complexity index is 1030. The Morgan fingerprint density at radius 1 is 0.882 bits per heavy atom.